The van der Waals surface area contributed by atoms with Crippen molar-refractivity contribution >= 4 is 0 Å². The summed E-state index contributed by atoms with van der Waals surface area (Å²) in [4.78, 5) is 0. The highest BCUT2D eigenvalue weighted by atomic mass is 14.3. The van der Waals surface area contributed by atoms with Gasteiger partial charge in [-0.05, 0) is 36.1 Å². The van der Waals surface area contributed by atoms with Crippen molar-refractivity contribution in [1.29, 1.82) is 0 Å². The van der Waals surface area contributed by atoms with Crippen molar-refractivity contribution < 1.29 is 0 Å². The Labute approximate surface area is 103 Å². The van der Waals surface area contributed by atoms with Crippen molar-refractivity contribution in [2.45, 2.75) is 19.8 Å². The molecule has 1 aliphatic rings. The van der Waals surface area contributed by atoms with E-state index in [4.69, 9.17) is 0 Å². The van der Waals surface area contributed by atoms with Gasteiger partial charge in [-0.3, -0.25) is 0 Å². The second-order valence-corrected chi connectivity index (χ2v) is 4.89. The second kappa shape index (κ2) is 3.59. The number of rotatable bonds is 1. The normalized spacial score (nSPS) is 13.3. The van der Waals surface area contributed by atoms with Crippen molar-refractivity contribution in [2.24, 2.45) is 0 Å². The molecule has 2 aromatic rings. The first kappa shape index (κ1) is 10.3. The Morgan fingerprint density at radius 3 is 1.76 bits per heavy atom. The third-order valence-corrected chi connectivity index (χ3v) is 3.61. The van der Waals surface area contributed by atoms with Crippen molar-refractivity contribution in [3.05, 3.63) is 71.3 Å². The first-order chi connectivity index (χ1) is 8.20. The molecule has 0 heterocycles. The number of hydrogen-bond acceptors (Lipinski definition) is 0. The maximum atomic E-state index is 4.00. The standard InChI is InChI=1S/C17H16/c1-4-13-16-9-11(2)5-7-14(16)15-8-6-12(3)10-17(13)15/h4-10,13H,1H2,2-3H3. The molecule has 0 aliphatic heterocycles. The SMILES string of the molecule is C=CC1c2cc(C)ccc2-c2ccc(C)cc21. The highest BCUT2D eigenvalue weighted by Crippen LogP contribution is 2.45. The molecule has 17 heavy (non-hydrogen) atoms. The van der Waals surface area contributed by atoms with E-state index < -0.39 is 0 Å². The van der Waals surface area contributed by atoms with Gasteiger partial charge < -0.3 is 0 Å². The average molecular weight is 220 g/mol. The van der Waals surface area contributed by atoms with Crippen LogP contribution < -0.4 is 0 Å². The number of hydrogen-bond donors (Lipinski definition) is 0. The number of aryl methyl sites for hydroxylation is 2. The summed E-state index contributed by atoms with van der Waals surface area (Å²) >= 11 is 0. The maximum Gasteiger partial charge on any atom is 0.0279 e. The molecule has 0 atom stereocenters. The molecule has 0 saturated heterocycles. The molecule has 0 saturated carbocycles. The molecular weight excluding hydrogens is 204 g/mol. The van der Waals surface area contributed by atoms with Gasteiger partial charge in [0.1, 0.15) is 0 Å². The smallest absolute Gasteiger partial charge is 0.0279 e. The minimum absolute atomic E-state index is 0.361. The third-order valence-electron chi connectivity index (χ3n) is 3.61. The first-order valence-electron chi connectivity index (χ1n) is 6.04. The zero-order valence-corrected chi connectivity index (χ0v) is 10.3. The predicted molar refractivity (Wildman–Crippen MR) is 73.4 cm³/mol. The highest BCUT2D eigenvalue weighted by molar-refractivity contribution is 5.80. The fourth-order valence-electron chi connectivity index (χ4n) is 2.79. The zero-order valence-electron chi connectivity index (χ0n) is 10.3. The fraction of sp³-hybridized carbons (Fsp3) is 0.176. The average Bonchev–Trinajstić information content (AvgIpc) is 2.60. The third kappa shape index (κ3) is 1.44. The number of benzene rings is 2. The molecule has 0 radical (unpaired) electrons. The first-order valence-corrected chi connectivity index (χ1v) is 6.04. The van der Waals surface area contributed by atoms with Gasteiger partial charge in [0.15, 0.2) is 0 Å². The van der Waals surface area contributed by atoms with Crippen molar-refractivity contribution in [1.82, 2.24) is 0 Å². The lowest BCUT2D eigenvalue weighted by molar-refractivity contribution is 1.07. The van der Waals surface area contributed by atoms with Crippen molar-refractivity contribution in [3.8, 4) is 11.1 Å². The molecule has 84 valence electrons. The molecular formula is C17H16. The molecule has 0 spiro atoms. The van der Waals surface area contributed by atoms with E-state index in [1.807, 2.05) is 0 Å². The van der Waals surface area contributed by atoms with Crippen LogP contribution in [0, 0.1) is 13.8 Å². The molecule has 0 unspecified atom stereocenters. The van der Waals surface area contributed by atoms with Crippen LogP contribution in [0.15, 0.2) is 49.1 Å². The molecule has 1 aliphatic carbocycles. The van der Waals surface area contributed by atoms with Crippen molar-refractivity contribution in [3.63, 3.8) is 0 Å². The van der Waals surface area contributed by atoms with Crippen LogP contribution in [0.5, 0.6) is 0 Å². The molecule has 0 fully saturated rings. The Bertz CT molecular complexity index is 554. The molecule has 0 amide bonds. The number of fused-ring (bicyclic) bond motifs is 3. The van der Waals surface area contributed by atoms with Crippen LogP contribution in [0.1, 0.15) is 28.2 Å². The van der Waals surface area contributed by atoms with Crippen molar-refractivity contribution in [2.75, 3.05) is 0 Å². The number of allylic oxidation sites excluding steroid dienone is 1. The van der Waals surface area contributed by atoms with Crippen LogP contribution in [0.25, 0.3) is 11.1 Å². The van der Waals surface area contributed by atoms with Gasteiger partial charge in [-0.25, -0.2) is 0 Å². The summed E-state index contributed by atoms with van der Waals surface area (Å²) in [6, 6.07) is 13.4. The summed E-state index contributed by atoms with van der Waals surface area (Å²) in [6.45, 7) is 8.29. The molecule has 0 N–H and O–H groups in total. The van der Waals surface area contributed by atoms with E-state index >= 15 is 0 Å². The van der Waals surface area contributed by atoms with E-state index in [-0.39, 0.29) is 0 Å². The van der Waals surface area contributed by atoms with Crippen LogP contribution in [-0.4, -0.2) is 0 Å². The summed E-state index contributed by atoms with van der Waals surface area (Å²) in [5.74, 6) is 0.361. The Morgan fingerprint density at radius 1 is 0.882 bits per heavy atom. The van der Waals surface area contributed by atoms with Gasteiger partial charge in [0.2, 0.25) is 0 Å². The highest BCUT2D eigenvalue weighted by Gasteiger charge is 2.26. The van der Waals surface area contributed by atoms with Gasteiger partial charge in [-0.1, -0.05) is 53.6 Å². The molecule has 3 rings (SSSR count). The lowest BCUT2D eigenvalue weighted by atomic mass is 9.95. The Morgan fingerprint density at radius 2 is 1.35 bits per heavy atom. The van der Waals surface area contributed by atoms with E-state index in [0.717, 1.165) is 0 Å². The second-order valence-electron chi connectivity index (χ2n) is 4.89. The van der Waals surface area contributed by atoms with Gasteiger partial charge in [0, 0.05) is 5.92 Å². The molecule has 0 aromatic heterocycles. The Balaban J connectivity index is 2.32. The molecule has 0 nitrogen and oxygen atoms in total. The minimum atomic E-state index is 0.361. The van der Waals surface area contributed by atoms with Gasteiger partial charge in [-0.15, -0.1) is 6.58 Å². The van der Waals surface area contributed by atoms with E-state index in [1.165, 1.54) is 33.4 Å². The van der Waals surface area contributed by atoms with E-state index in [1.54, 1.807) is 0 Å². The summed E-state index contributed by atoms with van der Waals surface area (Å²) in [5.41, 5.74) is 8.19. The van der Waals surface area contributed by atoms with Gasteiger partial charge in [0.05, 0.1) is 0 Å². The zero-order chi connectivity index (χ0) is 12.0. The predicted octanol–water partition coefficient (Wildman–Crippen LogP) is 4.60. The fourth-order valence-corrected chi connectivity index (χ4v) is 2.79. The summed E-state index contributed by atoms with van der Waals surface area (Å²) in [7, 11) is 0. The van der Waals surface area contributed by atoms with Crippen LogP contribution in [-0.2, 0) is 0 Å². The lowest BCUT2D eigenvalue weighted by Gasteiger charge is -2.08. The van der Waals surface area contributed by atoms with Crippen LogP contribution in [0.2, 0.25) is 0 Å². The molecule has 0 heteroatoms. The van der Waals surface area contributed by atoms with Gasteiger partial charge in [-0.2, -0.15) is 0 Å². The summed E-state index contributed by atoms with van der Waals surface area (Å²) < 4.78 is 0. The lowest BCUT2D eigenvalue weighted by Crippen LogP contribution is -1.92. The van der Waals surface area contributed by atoms with Crippen LogP contribution >= 0.6 is 0 Å². The minimum Gasteiger partial charge on any atom is -0.102 e. The van der Waals surface area contributed by atoms with Gasteiger partial charge in [0.25, 0.3) is 0 Å². The Kier molecular flexibility index (Phi) is 2.19. The van der Waals surface area contributed by atoms with E-state index in [9.17, 15) is 0 Å². The maximum absolute atomic E-state index is 4.00. The molecule has 0 bridgehead atoms. The monoisotopic (exact) mass is 220 g/mol. The summed E-state index contributed by atoms with van der Waals surface area (Å²) in [5, 5.41) is 0. The topological polar surface area (TPSA) is 0 Å². The Hall–Kier alpha value is -1.82. The quantitative estimate of drug-likeness (QED) is 0.616. The van der Waals surface area contributed by atoms with Crippen LogP contribution in [0.3, 0.4) is 0 Å². The van der Waals surface area contributed by atoms with E-state index in [0.29, 0.717) is 5.92 Å². The van der Waals surface area contributed by atoms with Crippen LogP contribution in [0.4, 0.5) is 0 Å². The summed E-state index contributed by atoms with van der Waals surface area (Å²) in [6.07, 6.45) is 2.06. The largest absolute Gasteiger partial charge is 0.102 e. The molecule has 2 aromatic carbocycles. The van der Waals surface area contributed by atoms with E-state index in [2.05, 4.69) is 62.9 Å². The van der Waals surface area contributed by atoms with Gasteiger partial charge >= 0.3 is 0 Å².